The largest absolute Gasteiger partial charge is 0.463 e. The zero-order valence-corrected chi connectivity index (χ0v) is 27.5. The lowest BCUT2D eigenvalue weighted by molar-refractivity contribution is -0.298. The first-order valence-electron chi connectivity index (χ1n) is 16.9. The second-order valence-corrected chi connectivity index (χ2v) is 13.4. The highest BCUT2D eigenvalue weighted by Crippen LogP contribution is 2.51. The second kappa shape index (κ2) is 14.2. The average Bonchev–Trinajstić information content (AvgIpc) is 3.55. The van der Waals surface area contributed by atoms with Gasteiger partial charge in [-0.15, -0.1) is 0 Å². The smallest absolute Gasteiger partial charge is 0.303 e. The number of amides is 1. The van der Waals surface area contributed by atoms with Crippen LogP contribution in [0.5, 0.6) is 0 Å². The average molecular weight is 670 g/mol. The number of ether oxygens (including phenoxy) is 10. The van der Waals surface area contributed by atoms with E-state index in [2.05, 4.69) is 5.32 Å². The molecule has 2 spiro atoms. The van der Waals surface area contributed by atoms with Crippen LogP contribution in [-0.2, 0) is 66.5 Å². The highest BCUT2D eigenvalue weighted by Gasteiger charge is 2.64. The van der Waals surface area contributed by atoms with Crippen molar-refractivity contribution < 1.29 is 66.5 Å². The van der Waals surface area contributed by atoms with Gasteiger partial charge in [0.2, 0.25) is 5.91 Å². The van der Waals surface area contributed by atoms with Crippen LogP contribution in [0.25, 0.3) is 0 Å². The highest BCUT2D eigenvalue weighted by molar-refractivity contribution is 5.73. The summed E-state index contributed by atoms with van der Waals surface area (Å²) in [4.78, 5) is 48.4. The van der Waals surface area contributed by atoms with Crippen LogP contribution in [0.1, 0.15) is 91.9 Å². The summed E-state index contributed by atoms with van der Waals surface area (Å²) in [7, 11) is 0. The van der Waals surface area contributed by atoms with E-state index >= 15 is 0 Å². The molecule has 6 aliphatic rings. The number of carbonyl (C=O) groups excluding carboxylic acids is 4. The van der Waals surface area contributed by atoms with Crippen molar-refractivity contribution in [3.63, 3.8) is 0 Å². The summed E-state index contributed by atoms with van der Waals surface area (Å²) >= 11 is 0. The van der Waals surface area contributed by atoms with Crippen molar-refractivity contribution in [2.75, 3.05) is 13.2 Å². The number of carbonyl (C=O) groups is 4. The fourth-order valence-electron chi connectivity index (χ4n) is 7.80. The number of esters is 3. The lowest BCUT2D eigenvalue weighted by atomic mass is 9.94. The lowest BCUT2D eigenvalue weighted by Crippen LogP contribution is -2.67. The highest BCUT2D eigenvalue weighted by atomic mass is 16.9. The van der Waals surface area contributed by atoms with Crippen LogP contribution in [0.15, 0.2) is 0 Å². The molecule has 6 rings (SSSR count). The number of fused-ring (bicyclic) bond motifs is 3. The first-order valence-corrected chi connectivity index (χ1v) is 16.9. The second-order valence-electron chi connectivity index (χ2n) is 13.4. The molecule has 1 amide bonds. The molecule has 15 nitrogen and oxygen atoms in total. The number of nitrogens with one attached hydrogen (secondary N) is 1. The fourth-order valence-corrected chi connectivity index (χ4v) is 7.80. The summed E-state index contributed by atoms with van der Waals surface area (Å²) in [5, 5.41) is 2.73. The molecular weight excluding hydrogens is 622 g/mol. The van der Waals surface area contributed by atoms with Crippen LogP contribution in [0, 0.1) is 0 Å². The van der Waals surface area contributed by atoms with Crippen molar-refractivity contribution >= 4 is 23.8 Å². The van der Waals surface area contributed by atoms with Gasteiger partial charge in [-0.05, 0) is 25.7 Å². The van der Waals surface area contributed by atoms with E-state index in [-0.39, 0.29) is 13.2 Å². The van der Waals surface area contributed by atoms with E-state index in [1.807, 2.05) is 0 Å². The van der Waals surface area contributed by atoms with Crippen molar-refractivity contribution in [3.05, 3.63) is 0 Å². The van der Waals surface area contributed by atoms with E-state index in [0.29, 0.717) is 0 Å². The first-order chi connectivity index (χ1) is 22.5. The Hall–Kier alpha value is -2.40. The third kappa shape index (κ3) is 7.61. The standard InChI is InChI=1S/C32H47NO14/c1-17(34)33-23-26(41-20(4)37)24(40-19(3)36)21(15-38-18(2)35)42-29(23)39-16-22-25-27(45-31(44-25)11-7-5-8-12-31)28-30(43-22)47-32(46-28)13-9-6-10-14-32/h21-30H,5-16H2,1-4H3,(H,33,34)/t21-,22+,23+,24-,25-,26-,27-,28-,29-,30-/m1/s1. The summed E-state index contributed by atoms with van der Waals surface area (Å²) in [6.07, 6.45) is 1.57. The Balaban J connectivity index is 1.25. The fraction of sp³-hybridized carbons (Fsp3) is 0.875. The van der Waals surface area contributed by atoms with Gasteiger partial charge in [-0.3, -0.25) is 19.2 Å². The molecule has 4 aliphatic heterocycles. The molecule has 1 N–H and O–H groups in total. The Morgan fingerprint density at radius 2 is 1.21 bits per heavy atom. The van der Waals surface area contributed by atoms with Crippen LogP contribution in [-0.4, -0.2) is 110 Å². The molecule has 264 valence electrons. The molecule has 47 heavy (non-hydrogen) atoms. The predicted molar refractivity (Wildman–Crippen MR) is 156 cm³/mol. The quantitative estimate of drug-likeness (QED) is 0.293. The molecule has 0 aromatic heterocycles. The zero-order valence-electron chi connectivity index (χ0n) is 27.5. The van der Waals surface area contributed by atoms with Gasteiger partial charge in [0, 0.05) is 53.4 Å². The summed E-state index contributed by atoms with van der Waals surface area (Å²) in [5.74, 6) is -3.92. The maximum Gasteiger partial charge on any atom is 0.303 e. The summed E-state index contributed by atoms with van der Waals surface area (Å²) < 4.78 is 61.8. The molecular formula is C32H47NO14. The maximum absolute atomic E-state index is 12.4. The third-order valence-corrected chi connectivity index (χ3v) is 9.70. The van der Waals surface area contributed by atoms with Crippen LogP contribution in [0.4, 0.5) is 0 Å². The van der Waals surface area contributed by atoms with Gasteiger partial charge in [-0.2, -0.15) is 0 Å². The van der Waals surface area contributed by atoms with E-state index < -0.39 is 96.7 Å². The van der Waals surface area contributed by atoms with Crippen molar-refractivity contribution in [3.8, 4) is 0 Å². The van der Waals surface area contributed by atoms with Gasteiger partial charge in [0.25, 0.3) is 0 Å². The lowest BCUT2D eigenvalue weighted by Gasteiger charge is -2.45. The Morgan fingerprint density at radius 3 is 1.81 bits per heavy atom. The Kier molecular flexibility index (Phi) is 10.4. The maximum atomic E-state index is 12.4. The molecule has 0 aromatic rings. The summed E-state index contributed by atoms with van der Waals surface area (Å²) in [6, 6.07) is -1.11. The molecule has 10 atom stereocenters. The Bertz CT molecular complexity index is 1170. The topological polar surface area (TPSA) is 173 Å². The van der Waals surface area contributed by atoms with Gasteiger partial charge in [-0.1, -0.05) is 12.8 Å². The molecule has 0 radical (unpaired) electrons. The van der Waals surface area contributed by atoms with E-state index in [4.69, 9.17) is 47.4 Å². The Morgan fingerprint density at radius 1 is 0.638 bits per heavy atom. The SMILES string of the molecule is CC(=O)N[C@@H]1[C@H](OC[C@@H]2O[C@@H]3OC4(CCCCC4)O[C@@H]3[C@@H]3OC4(CCCCC4)O[C@@H]32)O[C@H](COC(C)=O)[C@@H](OC(C)=O)[C@@H]1OC(C)=O. The predicted octanol–water partition coefficient (Wildman–Crippen LogP) is 1.90. The Labute approximate surface area is 273 Å². The van der Waals surface area contributed by atoms with E-state index in [1.165, 1.54) is 27.7 Å². The molecule has 4 heterocycles. The third-order valence-electron chi connectivity index (χ3n) is 9.70. The normalized spacial score (nSPS) is 38.6. The molecule has 0 aromatic carbocycles. The minimum absolute atomic E-state index is 0.0910. The number of hydrogen-bond acceptors (Lipinski definition) is 14. The van der Waals surface area contributed by atoms with Gasteiger partial charge in [0.05, 0.1) is 6.61 Å². The monoisotopic (exact) mass is 669 g/mol. The van der Waals surface area contributed by atoms with Crippen molar-refractivity contribution in [1.82, 2.24) is 5.32 Å². The first kappa shape index (κ1) is 34.5. The van der Waals surface area contributed by atoms with Gasteiger partial charge < -0.3 is 52.7 Å². The van der Waals surface area contributed by atoms with Crippen molar-refractivity contribution in [2.45, 2.75) is 165 Å². The number of hydrogen-bond donors (Lipinski definition) is 1. The van der Waals surface area contributed by atoms with E-state index in [9.17, 15) is 19.2 Å². The minimum atomic E-state index is -1.24. The van der Waals surface area contributed by atoms with Gasteiger partial charge in [0.1, 0.15) is 43.2 Å². The van der Waals surface area contributed by atoms with Gasteiger partial charge in [0.15, 0.2) is 36.4 Å². The van der Waals surface area contributed by atoms with Crippen LogP contribution >= 0.6 is 0 Å². The van der Waals surface area contributed by atoms with Crippen LogP contribution in [0.3, 0.4) is 0 Å². The van der Waals surface area contributed by atoms with E-state index in [0.717, 1.165) is 64.2 Å². The molecule has 6 fully saturated rings. The zero-order chi connectivity index (χ0) is 33.3. The van der Waals surface area contributed by atoms with Gasteiger partial charge in [-0.25, -0.2) is 0 Å². The van der Waals surface area contributed by atoms with E-state index in [1.54, 1.807) is 0 Å². The van der Waals surface area contributed by atoms with Gasteiger partial charge >= 0.3 is 17.9 Å². The molecule has 2 aliphatic carbocycles. The molecule has 2 saturated carbocycles. The van der Waals surface area contributed by atoms with Crippen molar-refractivity contribution in [2.24, 2.45) is 0 Å². The molecule has 15 heteroatoms. The molecule has 0 unspecified atom stereocenters. The van der Waals surface area contributed by atoms with Crippen LogP contribution in [0.2, 0.25) is 0 Å². The number of rotatable bonds is 8. The molecule has 4 saturated heterocycles. The minimum Gasteiger partial charge on any atom is -0.463 e. The van der Waals surface area contributed by atoms with Crippen LogP contribution < -0.4 is 5.32 Å². The summed E-state index contributed by atoms with van der Waals surface area (Å²) in [5.41, 5.74) is 0. The summed E-state index contributed by atoms with van der Waals surface area (Å²) in [6.45, 7) is 4.46. The van der Waals surface area contributed by atoms with Crippen molar-refractivity contribution in [1.29, 1.82) is 0 Å². The molecule has 0 bridgehead atoms.